The smallest absolute Gasteiger partial charge is 0.249 e. The van der Waals surface area contributed by atoms with Crippen LogP contribution in [0.1, 0.15) is 27.0 Å². The van der Waals surface area contributed by atoms with Crippen LogP contribution in [0.25, 0.3) is 10.8 Å². The van der Waals surface area contributed by atoms with E-state index in [4.69, 9.17) is 5.73 Å². The van der Waals surface area contributed by atoms with Gasteiger partial charge in [-0.3, -0.25) is 9.59 Å². The molecule has 135 valence electrons. The van der Waals surface area contributed by atoms with Crippen LogP contribution in [-0.2, 0) is 24.2 Å². The van der Waals surface area contributed by atoms with Crippen LogP contribution < -0.4 is 5.73 Å². The van der Waals surface area contributed by atoms with Gasteiger partial charge in [0.05, 0.1) is 12.0 Å². The van der Waals surface area contributed by atoms with Crippen LogP contribution in [0.2, 0.25) is 0 Å². The number of hydrogen-bond donors (Lipinski definition) is 1. The topological polar surface area (TPSA) is 63.4 Å². The third-order valence-corrected chi connectivity index (χ3v) is 5.20. The van der Waals surface area contributed by atoms with Crippen molar-refractivity contribution in [2.75, 3.05) is 6.54 Å². The van der Waals surface area contributed by atoms with E-state index in [1.165, 1.54) is 11.1 Å². The second kappa shape index (κ2) is 7.23. The number of carbonyl (C=O) groups is 2. The number of rotatable bonds is 4. The second-order valence-corrected chi connectivity index (χ2v) is 6.87. The fourth-order valence-corrected chi connectivity index (χ4v) is 3.79. The minimum absolute atomic E-state index is 0.00641. The Morgan fingerprint density at radius 2 is 1.70 bits per heavy atom. The van der Waals surface area contributed by atoms with Crippen LogP contribution in [0.4, 0.5) is 0 Å². The summed E-state index contributed by atoms with van der Waals surface area (Å²) in [5, 5.41) is 1.80. The molecule has 1 heterocycles. The fraction of sp³-hybridized carbons (Fsp3) is 0.174. The molecular formula is C23H21N2O2. The highest BCUT2D eigenvalue weighted by atomic mass is 16.2. The van der Waals surface area contributed by atoms with Gasteiger partial charge in [0, 0.05) is 13.1 Å². The Labute approximate surface area is 158 Å². The largest absolute Gasteiger partial charge is 0.366 e. The Bertz CT molecular complexity index is 1030. The Morgan fingerprint density at radius 3 is 2.52 bits per heavy atom. The zero-order chi connectivity index (χ0) is 18.8. The van der Waals surface area contributed by atoms with Gasteiger partial charge in [0.15, 0.2) is 0 Å². The lowest BCUT2D eigenvalue weighted by Crippen LogP contribution is -2.36. The molecule has 0 unspecified atom stereocenters. The van der Waals surface area contributed by atoms with E-state index in [2.05, 4.69) is 12.1 Å². The normalized spacial score (nSPS) is 13.4. The van der Waals surface area contributed by atoms with Gasteiger partial charge in [-0.1, -0.05) is 60.7 Å². The molecule has 0 aromatic heterocycles. The number of carbonyl (C=O) groups excluding carboxylic acids is 2. The average molecular weight is 357 g/mol. The van der Waals surface area contributed by atoms with E-state index in [1.807, 2.05) is 53.4 Å². The molecule has 0 saturated carbocycles. The lowest BCUT2D eigenvalue weighted by molar-refractivity contribution is -0.128. The average Bonchev–Trinajstić information content (AvgIpc) is 2.70. The summed E-state index contributed by atoms with van der Waals surface area (Å²) in [6.45, 7) is 1.35. The summed E-state index contributed by atoms with van der Waals surface area (Å²) in [5.41, 5.74) is 9.43. The Balaban J connectivity index is 1.51. The van der Waals surface area contributed by atoms with E-state index in [-0.39, 0.29) is 5.91 Å². The van der Waals surface area contributed by atoms with Gasteiger partial charge in [-0.2, -0.15) is 0 Å². The maximum atomic E-state index is 12.7. The van der Waals surface area contributed by atoms with Crippen molar-refractivity contribution in [3.05, 3.63) is 89.3 Å². The van der Waals surface area contributed by atoms with Gasteiger partial charge >= 0.3 is 0 Å². The van der Waals surface area contributed by atoms with E-state index >= 15 is 0 Å². The van der Waals surface area contributed by atoms with Crippen LogP contribution >= 0.6 is 0 Å². The van der Waals surface area contributed by atoms with Crippen molar-refractivity contribution in [3.63, 3.8) is 0 Å². The summed E-state index contributed by atoms with van der Waals surface area (Å²) in [5.74, 6) is -0.470. The highest BCUT2D eigenvalue weighted by Crippen LogP contribution is 2.24. The number of amides is 2. The summed E-state index contributed by atoms with van der Waals surface area (Å²) in [7, 11) is 0. The maximum absolute atomic E-state index is 12.7. The molecule has 2 N–H and O–H groups in total. The molecule has 4 rings (SSSR count). The summed E-state index contributed by atoms with van der Waals surface area (Å²) < 4.78 is 0. The molecule has 2 amide bonds. The quantitative estimate of drug-likeness (QED) is 0.779. The summed E-state index contributed by atoms with van der Waals surface area (Å²) >= 11 is 0. The van der Waals surface area contributed by atoms with Gasteiger partial charge in [-0.15, -0.1) is 0 Å². The number of primary amides is 1. The van der Waals surface area contributed by atoms with Crippen LogP contribution in [-0.4, -0.2) is 23.3 Å². The van der Waals surface area contributed by atoms with Gasteiger partial charge in [0.2, 0.25) is 11.8 Å². The molecule has 4 nitrogen and oxygen atoms in total. The van der Waals surface area contributed by atoms with Crippen LogP contribution in [0.5, 0.6) is 0 Å². The number of hydrogen-bond acceptors (Lipinski definition) is 2. The minimum Gasteiger partial charge on any atom is -0.366 e. The molecule has 1 aliphatic rings. The first kappa shape index (κ1) is 17.3. The SMILES string of the molecule is NC(=O)c1c(C[CH]C(=O)N2CCc3ccccc3C2)ccc2ccccc12. The van der Waals surface area contributed by atoms with E-state index in [9.17, 15) is 9.59 Å². The van der Waals surface area contributed by atoms with Gasteiger partial charge in [0.25, 0.3) is 0 Å². The van der Waals surface area contributed by atoms with Gasteiger partial charge in [-0.25, -0.2) is 0 Å². The van der Waals surface area contributed by atoms with Crippen LogP contribution in [0, 0.1) is 6.42 Å². The van der Waals surface area contributed by atoms with Gasteiger partial charge in [-0.05, 0) is 40.3 Å². The first-order valence-corrected chi connectivity index (χ1v) is 9.13. The summed E-state index contributed by atoms with van der Waals surface area (Å²) in [4.78, 5) is 26.6. The molecule has 4 heteroatoms. The van der Waals surface area contributed by atoms with Crippen molar-refractivity contribution in [1.29, 1.82) is 0 Å². The molecule has 0 saturated heterocycles. The number of nitrogens with two attached hydrogens (primary N) is 1. The van der Waals surface area contributed by atoms with Crippen molar-refractivity contribution in [2.45, 2.75) is 19.4 Å². The number of fused-ring (bicyclic) bond motifs is 2. The first-order valence-electron chi connectivity index (χ1n) is 9.13. The second-order valence-electron chi connectivity index (χ2n) is 6.87. The predicted octanol–water partition coefficient (Wildman–Crippen LogP) is 3.27. The molecule has 0 spiro atoms. The first-order chi connectivity index (χ1) is 13.1. The molecule has 27 heavy (non-hydrogen) atoms. The van der Waals surface area contributed by atoms with Crippen molar-refractivity contribution < 1.29 is 9.59 Å². The monoisotopic (exact) mass is 357 g/mol. The molecular weight excluding hydrogens is 336 g/mol. The van der Waals surface area contributed by atoms with Crippen molar-refractivity contribution in [3.8, 4) is 0 Å². The lowest BCUT2D eigenvalue weighted by Gasteiger charge is -2.29. The number of benzene rings is 3. The van der Waals surface area contributed by atoms with E-state index in [1.54, 1.807) is 6.42 Å². The van der Waals surface area contributed by atoms with E-state index < -0.39 is 5.91 Å². The molecule has 0 bridgehead atoms. The summed E-state index contributed by atoms with van der Waals surface area (Å²) in [6.07, 6.45) is 2.92. The Morgan fingerprint density at radius 1 is 0.963 bits per heavy atom. The highest BCUT2D eigenvalue weighted by molar-refractivity contribution is 6.07. The van der Waals surface area contributed by atoms with Crippen LogP contribution in [0.3, 0.4) is 0 Å². The minimum atomic E-state index is -0.463. The van der Waals surface area contributed by atoms with E-state index in [0.717, 1.165) is 22.8 Å². The standard InChI is InChI=1S/C23H21N2O2/c24-23(27)22-18(10-9-17-6-3-4-8-20(17)22)11-12-21(26)25-14-13-16-5-1-2-7-19(16)15-25/h1-10,12H,11,13-15H2,(H2,24,27). The third-order valence-electron chi connectivity index (χ3n) is 5.20. The maximum Gasteiger partial charge on any atom is 0.249 e. The predicted molar refractivity (Wildman–Crippen MR) is 106 cm³/mol. The van der Waals surface area contributed by atoms with Crippen molar-refractivity contribution in [1.82, 2.24) is 4.90 Å². The Hall–Kier alpha value is -3.14. The van der Waals surface area contributed by atoms with Gasteiger partial charge in [0.1, 0.15) is 0 Å². The fourth-order valence-electron chi connectivity index (χ4n) is 3.79. The molecule has 0 atom stereocenters. The molecule has 3 aromatic rings. The molecule has 3 aromatic carbocycles. The number of nitrogens with zero attached hydrogens (tertiary/aromatic N) is 1. The third kappa shape index (κ3) is 3.43. The summed E-state index contributed by atoms with van der Waals surface area (Å²) in [6, 6.07) is 19.7. The molecule has 0 aliphatic carbocycles. The zero-order valence-corrected chi connectivity index (χ0v) is 15.0. The zero-order valence-electron chi connectivity index (χ0n) is 15.0. The Kier molecular flexibility index (Phi) is 4.63. The van der Waals surface area contributed by atoms with Crippen molar-refractivity contribution >= 4 is 22.6 Å². The van der Waals surface area contributed by atoms with E-state index in [0.29, 0.717) is 25.1 Å². The van der Waals surface area contributed by atoms with Gasteiger partial charge < -0.3 is 10.6 Å². The highest BCUT2D eigenvalue weighted by Gasteiger charge is 2.21. The molecule has 1 radical (unpaired) electrons. The molecule has 1 aliphatic heterocycles. The van der Waals surface area contributed by atoms with Crippen LogP contribution in [0.15, 0.2) is 60.7 Å². The lowest BCUT2D eigenvalue weighted by atomic mass is 9.95. The molecule has 0 fully saturated rings. The van der Waals surface area contributed by atoms with Crippen molar-refractivity contribution in [2.24, 2.45) is 5.73 Å².